The Bertz CT molecular complexity index is 390. The number of aliphatic carboxylic acids is 1. The number of hydrogen-bond donors (Lipinski definition) is 1. The summed E-state index contributed by atoms with van der Waals surface area (Å²) in [5.41, 5.74) is 0. The first-order chi connectivity index (χ1) is 7.33. The topological polar surface area (TPSA) is 37.3 Å². The summed E-state index contributed by atoms with van der Waals surface area (Å²) in [5, 5.41) is 8.39. The Balaban J connectivity index is 2.69. The largest absolute Gasteiger partial charge is 0.481 e. The van der Waals surface area contributed by atoms with Crippen molar-refractivity contribution in [1.29, 1.82) is 0 Å². The van der Waals surface area contributed by atoms with Crippen molar-refractivity contribution in [3.05, 3.63) is 20.3 Å². The normalized spacial score (nSPS) is 11.8. The highest BCUT2D eigenvalue weighted by Crippen LogP contribution is 2.42. The van der Waals surface area contributed by atoms with Gasteiger partial charge in [0.05, 0.1) is 4.88 Å². The number of hydrogen-bond acceptors (Lipinski definition) is 2. The first-order valence-corrected chi connectivity index (χ1v) is 6.30. The highest BCUT2D eigenvalue weighted by Gasteiger charge is 2.35. The Morgan fingerprint density at radius 1 is 1.62 bits per heavy atom. The zero-order chi connectivity index (χ0) is 12.3. The first-order valence-electron chi connectivity index (χ1n) is 4.69. The fourth-order valence-electron chi connectivity index (χ4n) is 1.31. The van der Waals surface area contributed by atoms with Crippen molar-refractivity contribution in [2.45, 2.75) is 32.1 Å². The van der Waals surface area contributed by atoms with Crippen molar-refractivity contribution in [2.75, 3.05) is 0 Å². The van der Waals surface area contributed by atoms with Gasteiger partial charge in [-0.15, -0.1) is 11.3 Å². The lowest BCUT2D eigenvalue weighted by molar-refractivity contribution is -0.137. The maximum Gasteiger partial charge on any atom is 0.303 e. The summed E-state index contributed by atoms with van der Waals surface area (Å²) in [5.74, 6) is -4.00. The lowest BCUT2D eigenvalue weighted by atomic mass is 10.1. The van der Waals surface area contributed by atoms with Gasteiger partial charge in [0, 0.05) is 22.2 Å². The van der Waals surface area contributed by atoms with Crippen molar-refractivity contribution in [2.24, 2.45) is 0 Å². The Morgan fingerprint density at radius 3 is 2.69 bits per heavy atom. The van der Waals surface area contributed by atoms with Crippen LogP contribution in [0.5, 0.6) is 0 Å². The number of carboxylic acids is 1. The minimum Gasteiger partial charge on any atom is -0.481 e. The number of alkyl halides is 2. The molecule has 0 unspecified atom stereocenters. The van der Waals surface area contributed by atoms with E-state index in [-0.39, 0.29) is 17.7 Å². The standard InChI is InChI=1S/C10H11BrF2O2S/c1-6-5-7(11)9(16-6)10(12,13)4-2-3-8(14)15/h5H,2-4H2,1H3,(H,14,15). The molecule has 0 saturated carbocycles. The number of rotatable bonds is 5. The second-order valence-corrected chi connectivity index (χ2v) is 5.60. The van der Waals surface area contributed by atoms with E-state index >= 15 is 0 Å². The average molecular weight is 313 g/mol. The van der Waals surface area contributed by atoms with E-state index in [2.05, 4.69) is 15.9 Å². The SMILES string of the molecule is Cc1cc(Br)c(C(F)(F)CCCC(=O)O)s1. The highest BCUT2D eigenvalue weighted by molar-refractivity contribution is 9.10. The molecule has 2 nitrogen and oxygen atoms in total. The Kier molecular flexibility index (Phi) is 4.43. The summed E-state index contributed by atoms with van der Waals surface area (Å²) in [4.78, 5) is 11.0. The van der Waals surface area contributed by atoms with Crippen molar-refractivity contribution < 1.29 is 18.7 Å². The van der Waals surface area contributed by atoms with Crippen molar-refractivity contribution in [3.63, 3.8) is 0 Å². The Hall–Kier alpha value is -0.490. The van der Waals surface area contributed by atoms with Crippen LogP contribution >= 0.6 is 27.3 Å². The molecule has 0 spiro atoms. The van der Waals surface area contributed by atoms with E-state index in [0.29, 0.717) is 4.47 Å². The lowest BCUT2D eigenvalue weighted by Crippen LogP contribution is -2.12. The third-order valence-electron chi connectivity index (χ3n) is 2.02. The zero-order valence-corrected chi connectivity index (χ0v) is 11.0. The van der Waals surface area contributed by atoms with E-state index < -0.39 is 18.3 Å². The van der Waals surface area contributed by atoms with Crippen LogP contribution in [-0.2, 0) is 10.7 Å². The number of carbonyl (C=O) groups is 1. The molecule has 1 N–H and O–H groups in total. The predicted molar refractivity (Wildman–Crippen MR) is 62.1 cm³/mol. The van der Waals surface area contributed by atoms with Crippen molar-refractivity contribution >= 4 is 33.2 Å². The van der Waals surface area contributed by atoms with Gasteiger partial charge in [0.1, 0.15) is 0 Å². The van der Waals surface area contributed by atoms with Gasteiger partial charge in [0.25, 0.3) is 5.92 Å². The fourth-order valence-corrected chi connectivity index (χ4v) is 3.24. The third kappa shape index (κ3) is 3.52. The van der Waals surface area contributed by atoms with Crippen LogP contribution in [0.15, 0.2) is 10.5 Å². The molecular formula is C10H11BrF2O2S. The molecule has 1 rings (SSSR count). The van der Waals surface area contributed by atoms with Crippen LogP contribution in [0.3, 0.4) is 0 Å². The lowest BCUT2D eigenvalue weighted by Gasteiger charge is -2.14. The fraction of sp³-hybridized carbons (Fsp3) is 0.500. The Labute approximate surface area is 104 Å². The summed E-state index contributed by atoms with van der Waals surface area (Å²) < 4.78 is 27.7. The van der Waals surface area contributed by atoms with Crippen LogP contribution in [0.2, 0.25) is 0 Å². The van der Waals surface area contributed by atoms with Gasteiger partial charge in [0.15, 0.2) is 0 Å². The zero-order valence-electron chi connectivity index (χ0n) is 8.60. The molecule has 1 heterocycles. The van der Waals surface area contributed by atoms with Gasteiger partial charge >= 0.3 is 5.97 Å². The molecule has 0 amide bonds. The Morgan fingerprint density at radius 2 is 2.25 bits per heavy atom. The van der Waals surface area contributed by atoms with Crippen LogP contribution in [0.25, 0.3) is 0 Å². The third-order valence-corrected chi connectivity index (χ3v) is 4.07. The molecule has 0 fully saturated rings. The van der Waals surface area contributed by atoms with Crippen LogP contribution in [0, 0.1) is 6.92 Å². The van der Waals surface area contributed by atoms with Gasteiger partial charge in [-0.2, -0.15) is 0 Å². The van der Waals surface area contributed by atoms with Gasteiger partial charge in [-0.25, -0.2) is 8.78 Å². The van der Waals surface area contributed by atoms with Crippen LogP contribution < -0.4 is 0 Å². The summed E-state index contributed by atoms with van der Waals surface area (Å²) in [7, 11) is 0. The van der Waals surface area contributed by atoms with E-state index in [1.165, 1.54) is 0 Å². The monoisotopic (exact) mass is 312 g/mol. The summed E-state index contributed by atoms with van der Waals surface area (Å²) in [6, 6.07) is 1.64. The molecule has 0 bridgehead atoms. The number of halogens is 3. The second kappa shape index (κ2) is 5.23. The highest BCUT2D eigenvalue weighted by atomic mass is 79.9. The van der Waals surface area contributed by atoms with Crippen LogP contribution in [0.4, 0.5) is 8.78 Å². The average Bonchev–Trinajstić information content (AvgIpc) is 2.44. The minimum absolute atomic E-state index is 0.0182. The number of carboxylic acid groups (broad SMARTS) is 1. The second-order valence-electron chi connectivity index (χ2n) is 3.49. The molecule has 16 heavy (non-hydrogen) atoms. The molecule has 90 valence electrons. The summed E-state index contributed by atoms with van der Waals surface area (Å²) in [6.07, 6.45) is -0.679. The quantitative estimate of drug-likeness (QED) is 0.886. The van der Waals surface area contributed by atoms with Crippen molar-refractivity contribution in [1.82, 2.24) is 0 Å². The van der Waals surface area contributed by atoms with E-state index in [0.717, 1.165) is 16.2 Å². The molecule has 0 saturated heterocycles. The maximum absolute atomic E-state index is 13.7. The maximum atomic E-state index is 13.7. The smallest absolute Gasteiger partial charge is 0.303 e. The summed E-state index contributed by atoms with van der Waals surface area (Å²) >= 11 is 4.12. The molecule has 1 aromatic heterocycles. The molecule has 0 aliphatic carbocycles. The van der Waals surface area contributed by atoms with E-state index in [4.69, 9.17) is 5.11 Å². The van der Waals surface area contributed by atoms with E-state index in [9.17, 15) is 13.6 Å². The van der Waals surface area contributed by atoms with E-state index in [1.54, 1.807) is 13.0 Å². The van der Waals surface area contributed by atoms with Gasteiger partial charge in [-0.05, 0) is 35.3 Å². The molecule has 0 aliphatic rings. The minimum atomic E-state index is -2.95. The molecular weight excluding hydrogens is 302 g/mol. The van der Waals surface area contributed by atoms with E-state index in [1.807, 2.05) is 0 Å². The molecule has 0 atom stereocenters. The van der Waals surface area contributed by atoms with Gasteiger partial charge in [-0.3, -0.25) is 4.79 Å². The van der Waals surface area contributed by atoms with Crippen LogP contribution in [-0.4, -0.2) is 11.1 Å². The molecule has 0 aromatic carbocycles. The van der Waals surface area contributed by atoms with Gasteiger partial charge < -0.3 is 5.11 Å². The number of thiophene rings is 1. The van der Waals surface area contributed by atoms with Crippen LogP contribution in [0.1, 0.15) is 29.0 Å². The summed E-state index contributed by atoms with van der Waals surface area (Å²) in [6.45, 7) is 1.76. The van der Waals surface area contributed by atoms with Gasteiger partial charge in [-0.1, -0.05) is 0 Å². The van der Waals surface area contributed by atoms with Crippen molar-refractivity contribution in [3.8, 4) is 0 Å². The molecule has 0 radical (unpaired) electrons. The number of aryl methyl sites for hydroxylation is 1. The predicted octanol–water partition coefficient (Wildman–Crippen LogP) is 4.17. The molecule has 6 heteroatoms. The first kappa shape index (κ1) is 13.6. The molecule has 0 aliphatic heterocycles. The molecule has 1 aromatic rings. The van der Waals surface area contributed by atoms with Gasteiger partial charge in [0.2, 0.25) is 0 Å².